The van der Waals surface area contributed by atoms with Crippen molar-refractivity contribution in [3.63, 3.8) is 0 Å². The van der Waals surface area contributed by atoms with Crippen molar-refractivity contribution in [3.8, 4) is 0 Å². The molecule has 0 saturated heterocycles. The zero-order valence-electron chi connectivity index (χ0n) is 10.4. The van der Waals surface area contributed by atoms with Gasteiger partial charge in [0, 0.05) is 5.25 Å². The Kier molecular flexibility index (Phi) is 3.46. The van der Waals surface area contributed by atoms with Crippen molar-refractivity contribution >= 4 is 28.5 Å². The Morgan fingerprint density at radius 3 is 2.89 bits per heavy atom. The number of nitrogens with two attached hydrogens (primary N) is 1. The van der Waals surface area contributed by atoms with Gasteiger partial charge in [0.25, 0.3) is 0 Å². The first-order valence-electron chi connectivity index (χ1n) is 6.58. The minimum absolute atomic E-state index is 0.699. The lowest BCUT2D eigenvalue weighted by Crippen LogP contribution is -2.08. The highest BCUT2D eigenvalue weighted by Gasteiger charge is 2.15. The van der Waals surface area contributed by atoms with E-state index in [0.29, 0.717) is 5.69 Å². The Hall–Kier alpha value is -1.16. The van der Waals surface area contributed by atoms with Crippen LogP contribution in [0.3, 0.4) is 0 Å². The Bertz CT molecular complexity index is 532. The molecule has 3 nitrogen and oxygen atoms in total. The number of anilines is 1. The highest BCUT2D eigenvalue weighted by molar-refractivity contribution is 7.99. The van der Waals surface area contributed by atoms with E-state index >= 15 is 0 Å². The molecule has 0 bridgehead atoms. The molecule has 0 unspecified atom stereocenters. The molecule has 1 saturated carbocycles. The van der Waals surface area contributed by atoms with Crippen LogP contribution in [0.5, 0.6) is 0 Å². The number of rotatable bonds is 3. The number of nitrogen functional groups attached to an aromatic ring is 1. The van der Waals surface area contributed by atoms with E-state index in [-0.39, 0.29) is 0 Å². The molecule has 1 aliphatic rings. The molecule has 0 spiro atoms. The first kappa shape index (κ1) is 11.9. The molecule has 1 fully saturated rings. The van der Waals surface area contributed by atoms with Gasteiger partial charge in [0.05, 0.1) is 11.4 Å². The average molecular weight is 262 g/mol. The van der Waals surface area contributed by atoms with Crippen LogP contribution in [0.1, 0.15) is 38.0 Å². The molecule has 0 aliphatic heterocycles. The Morgan fingerprint density at radius 1 is 1.28 bits per heavy atom. The molecule has 0 radical (unpaired) electrons. The van der Waals surface area contributed by atoms with Gasteiger partial charge < -0.3 is 10.2 Å². The van der Waals surface area contributed by atoms with Crippen molar-refractivity contribution in [1.29, 1.82) is 0 Å². The number of hydrogen-bond donors (Lipinski definition) is 1. The van der Waals surface area contributed by atoms with Gasteiger partial charge in [-0.05, 0) is 25.0 Å². The summed E-state index contributed by atoms with van der Waals surface area (Å²) < 4.78 is 5.73. The Balaban J connectivity index is 1.69. The van der Waals surface area contributed by atoms with Gasteiger partial charge in [-0.3, -0.25) is 0 Å². The molecule has 1 aromatic carbocycles. The fraction of sp³-hybridized carbons (Fsp3) is 0.500. The van der Waals surface area contributed by atoms with Crippen LogP contribution in [0, 0.1) is 0 Å². The van der Waals surface area contributed by atoms with Gasteiger partial charge in [-0.2, -0.15) is 0 Å². The number of fused-ring (bicyclic) bond motifs is 1. The number of oxazole rings is 1. The summed E-state index contributed by atoms with van der Waals surface area (Å²) in [5, 5.41) is 0.783. The fourth-order valence-corrected chi connectivity index (χ4v) is 3.67. The van der Waals surface area contributed by atoms with Crippen LogP contribution in [0.25, 0.3) is 11.1 Å². The third kappa shape index (κ3) is 2.48. The molecule has 96 valence electrons. The first-order chi connectivity index (χ1) is 8.83. The van der Waals surface area contributed by atoms with Gasteiger partial charge in [-0.15, -0.1) is 11.8 Å². The third-order valence-electron chi connectivity index (χ3n) is 3.49. The monoisotopic (exact) mass is 262 g/mol. The summed E-state index contributed by atoms with van der Waals surface area (Å²) in [6, 6.07) is 5.69. The van der Waals surface area contributed by atoms with Crippen LogP contribution >= 0.6 is 11.8 Å². The van der Waals surface area contributed by atoms with Crippen molar-refractivity contribution < 1.29 is 4.42 Å². The van der Waals surface area contributed by atoms with Gasteiger partial charge in [0.1, 0.15) is 5.52 Å². The van der Waals surface area contributed by atoms with E-state index in [9.17, 15) is 0 Å². The predicted molar refractivity (Wildman–Crippen MR) is 76.6 cm³/mol. The number of aromatic nitrogens is 1. The molecule has 18 heavy (non-hydrogen) atoms. The largest absolute Gasteiger partial charge is 0.440 e. The molecular formula is C14H18N2OS. The van der Waals surface area contributed by atoms with Crippen molar-refractivity contribution in [2.24, 2.45) is 0 Å². The minimum atomic E-state index is 0.699. The summed E-state index contributed by atoms with van der Waals surface area (Å²) in [6.07, 6.45) is 6.83. The van der Waals surface area contributed by atoms with Crippen molar-refractivity contribution in [2.75, 3.05) is 5.73 Å². The third-order valence-corrected chi connectivity index (χ3v) is 4.85. The molecule has 2 aromatic rings. The van der Waals surface area contributed by atoms with Gasteiger partial charge >= 0.3 is 0 Å². The van der Waals surface area contributed by atoms with E-state index in [1.165, 1.54) is 32.1 Å². The normalized spacial score (nSPS) is 17.3. The molecule has 4 heteroatoms. The predicted octanol–water partition coefficient (Wildman–Crippen LogP) is 3.98. The molecule has 1 aliphatic carbocycles. The highest BCUT2D eigenvalue weighted by atomic mass is 32.2. The van der Waals surface area contributed by atoms with Crippen LogP contribution in [0.15, 0.2) is 22.6 Å². The molecule has 2 N–H and O–H groups in total. The molecule has 3 rings (SSSR count). The highest BCUT2D eigenvalue weighted by Crippen LogP contribution is 2.31. The van der Waals surface area contributed by atoms with Gasteiger partial charge in [0.2, 0.25) is 5.89 Å². The number of thioether (sulfide) groups is 1. The number of hydrogen-bond acceptors (Lipinski definition) is 4. The molecular weight excluding hydrogens is 244 g/mol. The lowest BCUT2D eigenvalue weighted by atomic mass is 10.0. The number of benzene rings is 1. The van der Waals surface area contributed by atoms with Crippen LogP contribution in [0.2, 0.25) is 0 Å². The quantitative estimate of drug-likeness (QED) is 0.850. The maximum absolute atomic E-state index is 5.88. The summed E-state index contributed by atoms with van der Waals surface area (Å²) in [7, 11) is 0. The summed E-state index contributed by atoms with van der Waals surface area (Å²) in [5.74, 6) is 1.66. The SMILES string of the molecule is Nc1cccc2oc(CSC3CCCCC3)nc12. The Morgan fingerprint density at radius 2 is 2.11 bits per heavy atom. The topological polar surface area (TPSA) is 52.0 Å². The van der Waals surface area contributed by atoms with Crippen molar-refractivity contribution in [1.82, 2.24) is 4.98 Å². The van der Waals surface area contributed by atoms with Crippen molar-refractivity contribution in [2.45, 2.75) is 43.1 Å². The van der Waals surface area contributed by atoms with E-state index in [4.69, 9.17) is 10.2 Å². The molecule has 0 amide bonds. The number of nitrogens with zero attached hydrogens (tertiary/aromatic N) is 1. The second-order valence-corrected chi connectivity index (χ2v) is 6.16. The standard InChI is InChI=1S/C14H18N2OS/c15-11-7-4-8-12-14(11)16-13(17-12)9-18-10-5-2-1-3-6-10/h4,7-8,10H,1-3,5-6,9,15H2. The minimum Gasteiger partial charge on any atom is -0.440 e. The summed E-state index contributed by atoms with van der Waals surface area (Å²) in [5.41, 5.74) is 8.18. The summed E-state index contributed by atoms with van der Waals surface area (Å²) in [6.45, 7) is 0. The van der Waals surface area contributed by atoms with Gasteiger partial charge in [0.15, 0.2) is 5.58 Å². The maximum atomic E-state index is 5.88. The van der Waals surface area contributed by atoms with E-state index in [1.807, 2.05) is 30.0 Å². The van der Waals surface area contributed by atoms with Gasteiger partial charge in [-0.25, -0.2) is 4.98 Å². The molecule has 1 aromatic heterocycles. The second-order valence-electron chi connectivity index (χ2n) is 4.87. The maximum Gasteiger partial charge on any atom is 0.205 e. The first-order valence-corrected chi connectivity index (χ1v) is 7.63. The van der Waals surface area contributed by atoms with Crippen LogP contribution in [-0.4, -0.2) is 10.2 Å². The average Bonchev–Trinajstić information content (AvgIpc) is 2.82. The van der Waals surface area contributed by atoms with Crippen LogP contribution < -0.4 is 5.73 Å². The lowest BCUT2D eigenvalue weighted by Gasteiger charge is -2.20. The summed E-state index contributed by atoms with van der Waals surface area (Å²) >= 11 is 1.97. The van der Waals surface area contributed by atoms with Gasteiger partial charge in [-0.1, -0.05) is 25.3 Å². The van der Waals surface area contributed by atoms with Crippen molar-refractivity contribution in [3.05, 3.63) is 24.1 Å². The molecule has 0 atom stereocenters. The van der Waals surface area contributed by atoms with E-state index in [0.717, 1.165) is 28.0 Å². The second kappa shape index (κ2) is 5.22. The fourth-order valence-electron chi connectivity index (χ4n) is 2.50. The van der Waals surface area contributed by atoms with E-state index in [2.05, 4.69) is 4.98 Å². The zero-order valence-corrected chi connectivity index (χ0v) is 11.2. The Labute approximate surface area is 111 Å². The van der Waals surface area contributed by atoms with Crippen LogP contribution in [-0.2, 0) is 5.75 Å². The zero-order chi connectivity index (χ0) is 12.4. The summed E-state index contributed by atoms with van der Waals surface area (Å²) in [4.78, 5) is 4.48. The van der Waals surface area contributed by atoms with E-state index in [1.54, 1.807) is 0 Å². The van der Waals surface area contributed by atoms with E-state index < -0.39 is 0 Å². The number of para-hydroxylation sites is 1. The smallest absolute Gasteiger partial charge is 0.205 e. The van der Waals surface area contributed by atoms with Crippen LogP contribution in [0.4, 0.5) is 5.69 Å². The lowest BCUT2D eigenvalue weighted by molar-refractivity contribution is 0.513. The molecule has 1 heterocycles.